The minimum Gasteiger partial charge on any atom is -0.490 e. The molecule has 6 nitrogen and oxygen atoms in total. The van der Waals surface area contributed by atoms with E-state index in [1.54, 1.807) is 17.0 Å². The molecule has 1 amide bonds. The molecule has 2 rings (SSSR count). The lowest BCUT2D eigenvalue weighted by atomic mass is 10.1. The lowest BCUT2D eigenvalue weighted by Crippen LogP contribution is -2.49. The van der Waals surface area contributed by atoms with Crippen molar-refractivity contribution in [3.63, 3.8) is 0 Å². The van der Waals surface area contributed by atoms with Crippen molar-refractivity contribution in [2.45, 2.75) is 32.9 Å². The van der Waals surface area contributed by atoms with Gasteiger partial charge in [-0.05, 0) is 31.9 Å². The van der Waals surface area contributed by atoms with Crippen LogP contribution in [0.25, 0.3) is 0 Å². The average Bonchev–Trinajstić information content (AvgIpc) is 2.72. The molecule has 1 saturated heterocycles. The number of carbonyl (C=O) groups excluding carboxylic acids is 1. The Morgan fingerprint density at radius 1 is 1.10 bits per heavy atom. The predicted octanol–water partition coefficient (Wildman–Crippen LogP) is 4.25. The number of carbonyl (C=O) groups is 1. The molecule has 1 aliphatic rings. The summed E-state index contributed by atoms with van der Waals surface area (Å²) in [7, 11) is 0. The van der Waals surface area contributed by atoms with Gasteiger partial charge in [0.2, 0.25) is 0 Å². The molecular formula is C21H30ClF3N2O4. The zero-order valence-electron chi connectivity index (χ0n) is 18.0. The molecule has 0 spiro atoms. The maximum atomic E-state index is 13.0. The van der Waals surface area contributed by atoms with Gasteiger partial charge in [0.15, 0.2) is 11.5 Å². The molecule has 10 heteroatoms. The van der Waals surface area contributed by atoms with Crippen molar-refractivity contribution in [2.75, 3.05) is 59.2 Å². The summed E-state index contributed by atoms with van der Waals surface area (Å²) in [6.07, 6.45) is -2.96. The summed E-state index contributed by atoms with van der Waals surface area (Å²) in [6, 6.07) is 3.26. The molecule has 1 aromatic rings. The van der Waals surface area contributed by atoms with Crippen LogP contribution in [0.15, 0.2) is 12.1 Å². The van der Waals surface area contributed by atoms with E-state index in [0.29, 0.717) is 74.4 Å². The van der Waals surface area contributed by atoms with Crippen LogP contribution in [0.4, 0.5) is 13.2 Å². The van der Waals surface area contributed by atoms with Crippen LogP contribution < -0.4 is 9.47 Å². The fourth-order valence-corrected chi connectivity index (χ4v) is 3.50. The van der Waals surface area contributed by atoms with Gasteiger partial charge >= 0.3 is 6.18 Å². The fraction of sp³-hybridized carbons (Fsp3) is 0.667. The Morgan fingerprint density at radius 3 is 2.42 bits per heavy atom. The van der Waals surface area contributed by atoms with Gasteiger partial charge in [-0.15, -0.1) is 0 Å². The first-order chi connectivity index (χ1) is 14.7. The average molecular weight is 467 g/mol. The van der Waals surface area contributed by atoms with E-state index in [0.717, 1.165) is 6.42 Å². The smallest absolute Gasteiger partial charge is 0.411 e. The summed E-state index contributed by atoms with van der Waals surface area (Å²) < 4.78 is 52.1. The monoisotopic (exact) mass is 466 g/mol. The zero-order chi connectivity index (χ0) is 22.9. The van der Waals surface area contributed by atoms with Crippen LogP contribution in [0, 0.1) is 0 Å². The van der Waals surface area contributed by atoms with E-state index in [2.05, 4.69) is 9.64 Å². The van der Waals surface area contributed by atoms with Crippen molar-refractivity contribution in [1.29, 1.82) is 0 Å². The Hall–Kier alpha value is -1.71. The summed E-state index contributed by atoms with van der Waals surface area (Å²) in [5.41, 5.74) is 0.436. The SMILES string of the molecule is CCCOc1c(Cl)cc(C(=O)N2CCN(CCCOCC(F)(F)F)CC2)cc1OCC. The molecule has 1 aliphatic heterocycles. The molecule has 0 N–H and O–H groups in total. The summed E-state index contributed by atoms with van der Waals surface area (Å²) >= 11 is 6.36. The van der Waals surface area contributed by atoms with E-state index in [4.69, 9.17) is 21.1 Å². The molecular weight excluding hydrogens is 437 g/mol. The molecule has 0 atom stereocenters. The number of rotatable bonds is 11. The lowest BCUT2D eigenvalue weighted by molar-refractivity contribution is -0.174. The van der Waals surface area contributed by atoms with Crippen LogP contribution in [-0.2, 0) is 4.74 Å². The molecule has 0 aromatic heterocycles. The quantitative estimate of drug-likeness (QED) is 0.456. The molecule has 31 heavy (non-hydrogen) atoms. The van der Waals surface area contributed by atoms with Gasteiger partial charge in [-0.1, -0.05) is 18.5 Å². The minimum absolute atomic E-state index is 0.0593. The summed E-state index contributed by atoms with van der Waals surface area (Å²) in [5.74, 6) is 0.752. The highest BCUT2D eigenvalue weighted by molar-refractivity contribution is 6.32. The molecule has 0 aliphatic carbocycles. The van der Waals surface area contributed by atoms with Crippen LogP contribution in [0.2, 0.25) is 5.02 Å². The van der Waals surface area contributed by atoms with Crippen molar-refractivity contribution in [1.82, 2.24) is 9.80 Å². The van der Waals surface area contributed by atoms with Gasteiger partial charge in [-0.2, -0.15) is 13.2 Å². The van der Waals surface area contributed by atoms with Crippen LogP contribution in [0.5, 0.6) is 11.5 Å². The molecule has 1 fully saturated rings. The zero-order valence-corrected chi connectivity index (χ0v) is 18.7. The number of ether oxygens (including phenoxy) is 3. The van der Waals surface area contributed by atoms with Crippen molar-refractivity contribution < 1.29 is 32.2 Å². The maximum Gasteiger partial charge on any atom is 0.411 e. The maximum absolute atomic E-state index is 13.0. The van der Waals surface area contributed by atoms with Gasteiger partial charge < -0.3 is 19.1 Å². The van der Waals surface area contributed by atoms with E-state index in [9.17, 15) is 18.0 Å². The van der Waals surface area contributed by atoms with Gasteiger partial charge in [-0.25, -0.2) is 0 Å². The van der Waals surface area contributed by atoms with Crippen LogP contribution in [-0.4, -0.2) is 81.0 Å². The Kier molecular flexibility index (Phi) is 10.2. The number of hydrogen-bond acceptors (Lipinski definition) is 5. The molecule has 0 saturated carbocycles. The Morgan fingerprint density at radius 2 is 1.81 bits per heavy atom. The normalized spacial score (nSPS) is 15.2. The van der Waals surface area contributed by atoms with Gasteiger partial charge in [0, 0.05) is 44.9 Å². The molecule has 0 unspecified atom stereocenters. The number of halogens is 4. The molecule has 176 valence electrons. The second-order valence-corrected chi connectivity index (χ2v) is 7.63. The first-order valence-electron chi connectivity index (χ1n) is 10.5. The minimum atomic E-state index is -4.29. The number of piperazine rings is 1. The molecule has 0 radical (unpaired) electrons. The molecule has 0 bridgehead atoms. The first-order valence-corrected chi connectivity index (χ1v) is 10.9. The third-order valence-electron chi connectivity index (χ3n) is 4.70. The van der Waals surface area contributed by atoms with Crippen molar-refractivity contribution in [2.24, 2.45) is 0 Å². The van der Waals surface area contributed by atoms with Crippen LogP contribution in [0.3, 0.4) is 0 Å². The van der Waals surface area contributed by atoms with Crippen LogP contribution in [0.1, 0.15) is 37.0 Å². The Balaban J connectivity index is 1.87. The number of benzene rings is 1. The third-order valence-corrected chi connectivity index (χ3v) is 4.98. The topological polar surface area (TPSA) is 51.2 Å². The van der Waals surface area contributed by atoms with Gasteiger partial charge in [0.25, 0.3) is 5.91 Å². The van der Waals surface area contributed by atoms with E-state index in [-0.39, 0.29) is 12.5 Å². The van der Waals surface area contributed by atoms with Gasteiger partial charge in [-0.3, -0.25) is 9.69 Å². The standard InChI is InChI=1S/C21H30ClF3N2O4/c1-3-11-31-19-17(22)13-16(14-18(19)30-4-2)20(28)27-9-7-26(8-10-27)6-5-12-29-15-21(23,24)25/h13-14H,3-12,15H2,1-2H3. The van der Waals surface area contributed by atoms with E-state index in [1.807, 2.05) is 13.8 Å². The number of nitrogens with zero attached hydrogens (tertiary/aromatic N) is 2. The lowest BCUT2D eigenvalue weighted by Gasteiger charge is -2.34. The summed E-state index contributed by atoms with van der Waals surface area (Å²) in [4.78, 5) is 16.8. The van der Waals surface area contributed by atoms with Gasteiger partial charge in [0.1, 0.15) is 6.61 Å². The third kappa shape index (κ3) is 8.38. The Labute approximate surface area is 186 Å². The Bertz CT molecular complexity index is 711. The van der Waals surface area contributed by atoms with E-state index in [1.165, 1.54) is 0 Å². The fourth-order valence-electron chi connectivity index (χ4n) is 3.23. The van der Waals surface area contributed by atoms with E-state index >= 15 is 0 Å². The second-order valence-electron chi connectivity index (χ2n) is 7.22. The van der Waals surface area contributed by atoms with Crippen LogP contribution >= 0.6 is 11.6 Å². The predicted molar refractivity (Wildman–Crippen MR) is 112 cm³/mol. The van der Waals surface area contributed by atoms with Crippen molar-refractivity contribution in [3.05, 3.63) is 22.7 Å². The summed E-state index contributed by atoms with van der Waals surface area (Å²) in [5, 5.41) is 0.334. The molecule has 1 heterocycles. The highest BCUT2D eigenvalue weighted by Crippen LogP contribution is 2.37. The second kappa shape index (κ2) is 12.4. The van der Waals surface area contributed by atoms with Gasteiger partial charge in [0.05, 0.1) is 18.2 Å². The largest absolute Gasteiger partial charge is 0.490 e. The first kappa shape index (κ1) is 25.5. The number of amides is 1. The summed E-state index contributed by atoms with van der Waals surface area (Å²) in [6.45, 7) is 6.57. The number of hydrogen-bond donors (Lipinski definition) is 0. The van der Waals surface area contributed by atoms with E-state index < -0.39 is 12.8 Å². The van der Waals surface area contributed by atoms with Crippen molar-refractivity contribution in [3.8, 4) is 11.5 Å². The number of alkyl halides is 3. The highest BCUT2D eigenvalue weighted by Gasteiger charge is 2.27. The highest BCUT2D eigenvalue weighted by atomic mass is 35.5. The van der Waals surface area contributed by atoms with Crippen molar-refractivity contribution >= 4 is 17.5 Å². The molecule has 1 aromatic carbocycles.